The zero-order valence-electron chi connectivity index (χ0n) is 12.3. The first-order valence-corrected chi connectivity index (χ1v) is 7.65. The van der Waals surface area contributed by atoms with Crippen molar-refractivity contribution >= 4 is 21.7 Å². The second-order valence-electron chi connectivity index (χ2n) is 5.15. The molecule has 0 aromatic carbocycles. The number of Topliss-reactive ketones (excluding diaryl/α,β-unsaturated/α-hetero) is 1. The van der Waals surface area contributed by atoms with Gasteiger partial charge in [-0.05, 0) is 54.1 Å². The van der Waals surface area contributed by atoms with Crippen LogP contribution in [-0.4, -0.2) is 46.1 Å². The van der Waals surface area contributed by atoms with Crippen molar-refractivity contribution in [2.75, 3.05) is 20.6 Å². The third kappa shape index (κ3) is 4.47. The molecule has 0 bridgehead atoms. The van der Waals surface area contributed by atoms with E-state index >= 15 is 0 Å². The minimum atomic E-state index is 0.106. The van der Waals surface area contributed by atoms with Gasteiger partial charge in [0.2, 0.25) is 0 Å². The van der Waals surface area contributed by atoms with Crippen LogP contribution in [0.2, 0.25) is 0 Å². The molecule has 2 rings (SSSR count). The zero-order chi connectivity index (χ0) is 15.2. The highest BCUT2D eigenvalue weighted by Gasteiger charge is 2.17. The summed E-state index contributed by atoms with van der Waals surface area (Å²) >= 11 is 3.42. The molecule has 2 aromatic rings. The number of rotatable bonds is 7. The molecule has 0 unspecified atom stereocenters. The Morgan fingerprint density at radius 1 is 1.33 bits per heavy atom. The third-order valence-corrected chi connectivity index (χ3v) is 3.79. The van der Waals surface area contributed by atoms with E-state index in [2.05, 4.69) is 30.9 Å². The van der Waals surface area contributed by atoms with Gasteiger partial charge in [-0.2, -0.15) is 5.10 Å². The molecule has 0 fully saturated rings. The maximum absolute atomic E-state index is 12.4. The second-order valence-corrected chi connectivity index (χ2v) is 6.00. The monoisotopic (exact) mass is 350 g/mol. The van der Waals surface area contributed by atoms with Crippen LogP contribution >= 0.6 is 15.9 Å². The molecule has 0 saturated heterocycles. The number of hydrogen-bond acceptors (Lipinski definition) is 4. The van der Waals surface area contributed by atoms with Crippen LogP contribution < -0.4 is 0 Å². The van der Waals surface area contributed by atoms with Gasteiger partial charge in [-0.15, -0.1) is 0 Å². The number of carbonyl (C=O) groups excluding carboxylic acids is 1. The molecule has 112 valence electrons. The summed E-state index contributed by atoms with van der Waals surface area (Å²) in [7, 11) is 4.01. The van der Waals surface area contributed by atoms with Gasteiger partial charge in [0.1, 0.15) is 5.69 Å². The minimum absolute atomic E-state index is 0.106. The highest BCUT2D eigenvalue weighted by molar-refractivity contribution is 9.10. The first-order valence-electron chi connectivity index (χ1n) is 6.86. The fraction of sp³-hybridized carbons (Fsp3) is 0.400. The first kappa shape index (κ1) is 15.9. The number of aromatic nitrogens is 3. The van der Waals surface area contributed by atoms with Gasteiger partial charge in [0.15, 0.2) is 5.78 Å². The molecule has 0 aliphatic heterocycles. The van der Waals surface area contributed by atoms with E-state index in [0.29, 0.717) is 25.1 Å². The summed E-state index contributed by atoms with van der Waals surface area (Å²) in [4.78, 5) is 18.5. The van der Waals surface area contributed by atoms with Gasteiger partial charge in [-0.1, -0.05) is 0 Å². The molecule has 21 heavy (non-hydrogen) atoms. The van der Waals surface area contributed by atoms with Crippen molar-refractivity contribution in [1.29, 1.82) is 0 Å². The van der Waals surface area contributed by atoms with Gasteiger partial charge < -0.3 is 4.90 Å². The largest absolute Gasteiger partial charge is 0.308 e. The van der Waals surface area contributed by atoms with Crippen molar-refractivity contribution in [2.24, 2.45) is 0 Å². The molecule has 0 atom stereocenters. The second kappa shape index (κ2) is 7.47. The van der Waals surface area contributed by atoms with E-state index in [1.54, 1.807) is 23.3 Å². The Hall–Kier alpha value is -1.53. The van der Waals surface area contributed by atoms with E-state index in [0.717, 1.165) is 16.6 Å². The Morgan fingerprint density at radius 2 is 2.05 bits per heavy atom. The van der Waals surface area contributed by atoms with Gasteiger partial charge in [-0.25, -0.2) is 0 Å². The normalized spacial score (nSPS) is 11.0. The molecule has 5 nitrogen and oxygen atoms in total. The number of carbonyl (C=O) groups is 1. The van der Waals surface area contributed by atoms with Crippen LogP contribution in [0, 0.1) is 0 Å². The summed E-state index contributed by atoms with van der Waals surface area (Å²) in [6, 6.07) is 3.87. The van der Waals surface area contributed by atoms with E-state index in [1.807, 2.05) is 26.2 Å². The molecule has 0 spiro atoms. The van der Waals surface area contributed by atoms with E-state index in [1.165, 1.54) is 0 Å². The van der Waals surface area contributed by atoms with E-state index in [-0.39, 0.29) is 5.78 Å². The molecule has 2 heterocycles. The Morgan fingerprint density at radius 3 is 2.71 bits per heavy atom. The standard InChI is InChI=1S/C15H19BrN4O/c1-19(2)9-10-20-15(13(16)11-18-20)14(21)4-3-12-5-7-17-8-6-12/h5-8,11H,3-4,9-10H2,1-2H3. The molecule has 0 aliphatic carbocycles. The molecule has 0 N–H and O–H groups in total. The summed E-state index contributed by atoms with van der Waals surface area (Å²) in [5.41, 5.74) is 1.78. The number of ketones is 1. The Bertz CT molecular complexity index is 595. The number of pyridine rings is 1. The molecule has 2 aromatic heterocycles. The van der Waals surface area contributed by atoms with E-state index in [4.69, 9.17) is 0 Å². The number of nitrogens with zero attached hydrogens (tertiary/aromatic N) is 4. The van der Waals surface area contributed by atoms with Crippen molar-refractivity contribution in [3.05, 3.63) is 46.5 Å². The Balaban J connectivity index is 2.03. The van der Waals surface area contributed by atoms with Crippen LogP contribution in [0.15, 0.2) is 35.2 Å². The van der Waals surface area contributed by atoms with Gasteiger partial charge in [0, 0.05) is 25.4 Å². The maximum Gasteiger partial charge on any atom is 0.182 e. The average molecular weight is 351 g/mol. The van der Waals surface area contributed by atoms with Crippen LogP contribution in [-0.2, 0) is 13.0 Å². The molecular weight excluding hydrogens is 332 g/mol. The van der Waals surface area contributed by atoms with Crippen LogP contribution in [0.4, 0.5) is 0 Å². The topological polar surface area (TPSA) is 51.0 Å². The summed E-state index contributed by atoms with van der Waals surface area (Å²) < 4.78 is 2.54. The quantitative estimate of drug-likeness (QED) is 0.719. The van der Waals surface area contributed by atoms with Crippen molar-refractivity contribution in [3.63, 3.8) is 0 Å². The number of aryl methyl sites for hydroxylation is 1. The van der Waals surface area contributed by atoms with Crippen LogP contribution in [0.1, 0.15) is 22.5 Å². The van der Waals surface area contributed by atoms with Gasteiger partial charge in [0.05, 0.1) is 17.2 Å². The molecule has 6 heteroatoms. The van der Waals surface area contributed by atoms with E-state index < -0.39 is 0 Å². The maximum atomic E-state index is 12.4. The average Bonchev–Trinajstić information content (AvgIpc) is 2.85. The first-order chi connectivity index (χ1) is 10.1. The van der Waals surface area contributed by atoms with E-state index in [9.17, 15) is 4.79 Å². The lowest BCUT2D eigenvalue weighted by Gasteiger charge is -2.11. The van der Waals surface area contributed by atoms with Crippen molar-refractivity contribution in [3.8, 4) is 0 Å². The van der Waals surface area contributed by atoms with Crippen LogP contribution in [0.25, 0.3) is 0 Å². The van der Waals surface area contributed by atoms with Gasteiger partial charge in [-0.3, -0.25) is 14.5 Å². The Labute approximate surface area is 133 Å². The lowest BCUT2D eigenvalue weighted by Crippen LogP contribution is -2.21. The van der Waals surface area contributed by atoms with Gasteiger partial charge >= 0.3 is 0 Å². The number of halogens is 1. The number of likely N-dealkylation sites (N-methyl/N-ethyl adjacent to an activating group) is 1. The highest BCUT2D eigenvalue weighted by atomic mass is 79.9. The number of hydrogen-bond donors (Lipinski definition) is 0. The smallest absolute Gasteiger partial charge is 0.182 e. The predicted molar refractivity (Wildman–Crippen MR) is 85.4 cm³/mol. The summed E-state index contributed by atoms with van der Waals surface area (Å²) in [6.07, 6.45) is 6.37. The van der Waals surface area contributed by atoms with Crippen molar-refractivity contribution in [1.82, 2.24) is 19.7 Å². The zero-order valence-corrected chi connectivity index (χ0v) is 13.9. The molecule has 0 aliphatic rings. The predicted octanol–water partition coefficient (Wildman–Crippen LogP) is 2.42. The van der Waals surface area contributed by atoms with Crippen molar-refractivity contribution < 1.29 is 4.79 Å². The minimum Gasteiger partial charge on any atom is -0.308 e. The molecule has 0 saturated carbocycles. The highest BCUT2D eigenvalue weighted by Crippen LogP contribution is 2.18. The Kier molecular flexibility index (Phi) is 5.64. The molecular formula is C15H19BrN4O. The summed E-state index contributed by atoms with van der Waals surface area (Å²) in [5, 5.41) is 4.28. The van der Waals surface area contributed by atoms with Crippen molar-refractivity contribution in [2.45, 2.75) is 19.4 Å². The lowest BCUT2D eigenvalue weighted by molar-refractivity contribution is 0.0971. The fourth-order valence-electron chi connectivity index (χ4n) is 2.03. The summed E-state index contributed by atoms with van der Waals surface area (Å²) in [6.45, 7) is 1.55. The fourth-order valence-corrected chi connectivity index (χ4v) is 2.55. The lowest BCUT2D eigenvalue weighted by atomic mass is 10.1. The van der Waals surface area contributed by atoms with Crippen LogP contribution in [0.5, 0.6) is 0 Å². The van der Waals surface area contributed by atoms with Crippen LogP contribution in [0.3, 0.4) is 0 Å². The SMILES string of the molecule is CN(C)CCn1ncc(Br)c1C(=O)CCc1ccncc1. The summed E-state index contributed by atoms with van der Waals surface area (Å²) in [5.74, 6) is 0.106. The third-order valence-electron chi connectivity index (χ3n) is 3.21. The molecule has 0 radical (unpaired) electrons. The van der Waals surface area contributed by atoms with Gasteiger partial charge in [0.25, 0.3) is 0 Å². The molecule has 0 amide bonds.